The van der Waals surface area contributed by atoms with Gasteiger partial charge in [0.05, 0.1) is 31.1 Å². The first kappa shape index (κ1) is 18.3. The molecule has 3 rings (SSSR count). The molecule has 0 saturated carbocycles. The zero-order chi connectivity index (χ0) is 19.2. The monoisotopic (exact) mass is 384 g/mol. The van der Waals surface area contributed by atoms with Crippen LogP contribution in [-0.2, 0) is 0 Å². The van der Waals surface area contributed by atoms with Gasteiger partial charge in [-0.2, -0.15) is 5.10 Å². The number of aromatic nitrogens is 1. The van der Waals surface area contributed by atoms with Crippen LogP contribution in [0.5, 0.6) is 11.5 Å². The van der Waals surface area contributed by atoms with Crippen molar-refractivity contribution in [3.8, 4) is 22.8 Å². The molecule has 0 fully saturated rings. The second-order valence-corrected chi connectivity index (χ2v) is 6.19. The van der Waals surface area contributed by atoms with Gasteiger partial charge < -0.3 is 9.47 Å². The molecule has 1 heterocycles. The number of hydrogen-bond acceptors (Lipinski definition) is 8. The van der Waals surface area contributed by atoms with Crippen molar-refractivity contribution in [1.29, 1.82) is 0 Å². The Morgan fingerprint density at radius 2 is 2.00 bits per heavy atom. The van der Waals surface area contributed by atoms with Crippen molar-refractivity contribution >= 4 is 28.4 Å². The molecule has 27 heavy (non-hydrogen) atoms. The number of thiazole rings is 1. The van der Waals surface area contributed by atoms with Crippen LogP contribution in [0.2, 0.25) is 0 Å². The SMILES string of the molecule is COc1ccc(-c2csc(N/N=C\c3cccc([N+](=O)[O-])c3)n2)cc1OC. The molecule has 1 N–H and O–H groups in total. The molecule has 2 aromatic carbocycles. The van der Waals surface area contributed by atoms with Gasteiger partial charge >= 0.3 is 0 Å². The fourth-order valence-electron chi connectivity index (χ4n) is 2.33. The number of benzene rings is 2. The number of methoxy groups -OCH3 is 2. The lowest BCUT2D eigenvalue weighted by Gasteiger charge is -2.08. The van der Waals surface area contributed by atoms with Gasteiger partial charge in [0.2, 0.25) is 5.13 Å². The van der Waals surface area contributed by atoms with Gasteiger partial charge in [-0.25, -0.2) is 4.98 Å². The first-order valence-corrected chi connectivity index (χ1v) is 8.70. The maximum Gasteiger partial charge on any atom is 0.270 e. The Hall–Kier alpha value is -3.46. The van der Waals surface area contributed by atoms with E-state index in [0.717, 1.165) is 11.3 Å². The van der Waals surface area contributed by atoms with Crippen molar-refractivity contribution in [2.24, 2.45) is 5.10 Å². The molecule has 1 aromatic heterocycles. The third-order valence-corrected chi connectivity index (χ3v) is 4.39. The van der Waals surface area contributed by atoms with Crippen LogP contribution in [0.3, 0.4) is 0 Å². The molecule has 0 unspecified atom stereocenters. The summed E-state index contributed by atoms with van der Waals surface area (Å²) in [7, 11) is 3.17. The highest BCUT2D eigenvalue weighted by molar-refractivity contribution is 7.14. The largest absolute Gasteiger partial charge is 0.493 e. The van der Waals surface area contributed by atoms with Crippen molar-refractivity contribution in [2.75, 3.05) is 19.6 Å². The van der Waals surface area contributed by atoms with Gasteiger partial charge in [-0.3, -0.25) is 15.5 Å². The number of nitrogens with zero attached hydrogens (tertiary/aromatic N) is 3. The Bertz CT molecular complexity index is 987. The van der Waals surface area contributed by atoms with Gasteiger partial charge in [0.15, 0.2) is 11.5 Å². The summed E-state index contributed by atoms with van der Waals surface area (Å²) in [5.74, 6) is 1.28. The lowest BCUT2D eigenvalue weighted by molar-refractivity contribution is -0.384. The van der Waals surface area contributed by atoms with Crippen molar-refractivity contribution in [1.82, 2.24) is 4.98 Å². The summed E-state index contributed by atoms with van der Waals surface area (Å²) in [5, 5.41) is 17.4. The van der Waals surface area contributed by atoms with Gasteiger partial charge in [0.25, 0.3) is 5.69 Å². The van der Waals surface area contributed by atoms with Crippen LogP contribution in [0.1, 0.15) is 5.56 Å². The third kappa shape index (κ3) is 4.39. The summed E-state index contributed by atoms with van der Waals surface area (Å²) >= 11 is 1.39. The first-order valence-electron chi connectivity index (χ1n) is 7.82. The van der Waals surface area contributed by atoms with Crippen molar-refractivity contribution in [2.45, 2.75) is 0 Å². The second kappa shape index (κ2) is 8.28. The Kier molecular flexibility index (Phi) is 5.62. The van der Waals surface area contributed by atoms with Crippen LogP contribution in [0, 0.1) is 10.1 Å². The minimum Gasteiger partial charge on any atom is -0.493 e. The van der Waals surface area contributed by atoms with Gasteiger partial charge in [-0.15, -0.1) is 11.3 Å². The Morgan fingerprint density at radius 3 is 2.74 bits per heavy atom. The normalized spacial score (nSPS) is 10.7. The van der Waals surface area contributed by atoms with E-state index < -0.39 is 4.92 Å². The highest BCUT2D eigenvalue weighted by atomic mass is 32.1. The van der Waals surface area contributed by atoms with Gasteiger partial charge in [0, 0.05) is 28.6 Å². The topological polar surface area (TPSA) is 98.9 Å². The Labute approximate surface area is 159 Å². The van der Waals surface area contributed by atoms with E-state index >= 15 is 0 Å². The van der Waals surface area contributed by atoms with Crippen LogP contribution in [0.4, 0.5) is 10.8 Å². The molecule has 9 heteroatoms. The molecule has 0 spiro atoms. The summed E-state index contributed by atoms with van der Waals surface area (Å²) in [6.45, 7) is 0. The van der Waals surface area contributed by atoms with E-state index in [1.54, 1.807) is 26.4 Å². The Balaban J connectivity index is 1.71. The molecule has 0 aliphatic carbocycles. The molecule has 8 nitrogen and oxygen atoms in total. The van der Waals surface area contributed by atoms with Crippen LogP contribution in [0.25, 0.3) is 11.3 Å². The van der Waals surface area contributed by atoms with Crippen molar-refractivity contribution in [3.05, 3.63) is 63.5 Å². The van der Waals surface area contributed by atoms with Crippen LogP contribution in [0.15, 0.2) is 52.9 Å². The van der Waals surface area contributed by atoms with E-state index in [1.807, 2.05) is 23.6 Å². The molecule has 0 radical (unpaired) electrons. The van der Waals surface area contributed by atoms with E-state index in [9.17, 15) is 10.1 Å². The highest BCUT2D eigenvalue weighted by Gasteiger charge is 2.09. The number of nitrogens with one attached hydrogen (secondary N) is 1. The molecule has 0 aliphatic rings. The average Bonchev–Trinajstić information content (AvgIpc) is 3.16. The minimum absolute atomic E-state index is 0.0175. The zero-order valence-electron chi connectivity index (χ0n) is 14.6. The number of ether oxygens (including phenoxy) is 2. The second-order valence-electron chi connectivity index (χ2n) is 5.33. The maximum atomic E-state index is 10.8. The summed E-state index contributed by atoms with van der Waals surface area (Å²) in [5.41, 5.74) is 5.13. The molecule has 0 atom stereocenters. The quantitative estimate of drug-likeness (QED) is 0.373. The molecule has 0 saturated heterocycles. The minimum atomic E-state index is -0.443. The van der Waals surface area contributed by atoms with Crippen molar-refractivity contribution < 1.29 is 14.4 Å². The first-order chi connectivity index (χ1) is 13.1. The molecule has 0 bridgehead atoms. The number of anilines is 1. The molecular formula is C18H16N4O4S. The fraction of sp³-hybridized carbons (Fsp3) is 0.111. The third-order valence-electron chi connectivity index (χ3n) is 3.64. The average molecular weight is 384 g/mol. The summed E-state index contributed by atoms with van der Waals surface area (Å²) in [4.78, 5) is 14.8. The summed E-state index contributed by atoms with van der Waals surface area (Å²) < 4.78 is 10.5. The van der Waals surface area contributed by atoms with Crippen LogP contribution in [-0.4, -0.2) is 30.3 Å². The molecule has 3 aromatic rings. The number of hydrazone groups is 1. The van der Waals surface area contributed by atoms with Crippen LogP contribution < -0.4 is 14.9 Å². The Morgan fingerprint density at radius 1 is 1.19 bits per heavy atom. The zero-order valence-corrected chi connectivity index (χ0v) is 15.4. The summed E-state index contributed by atoms with van der Waals surface area (Å²) in [6.07, 6.45) is 1.50. The number of rotatable bonds is 7. The standard InChI is InChI=1S/C18H16N4O4S/c1-25-16-7-6-13(9-17(16)26-2)15-11-27-18(20-15)21-19-10-12-4-3-5-14(8-12)22(23)24/h3-11H,1-2H3,(H,20,21)/b19-10-. The number of non-ortho nitro benzene ring substituents is 1. The van der Waals surface area contributed by atoms with E-state index in [0.29, 0.717) is 22.2 Å². The van der Waals surface area contributed by atoms with Gasteiger partial charge in [-0.05, 0) is 18.2 Å². The molecule has 138 valence electrons. The van der Waals surface area contributed by atoms with Crippen molar-refractivity contribution in [3.63, 3.8) is 0 Å². The fourth-order valence-corrected chi connectivity index (χ4v) is 3.00. The van der Waals surface area contributed by atoms with E-state index in [4.69, 9.17) is 9.47 Å². The highest BCUT2D eigenvalue weighted by Crippen LogP contribution is 2.33. The smallest absolute Gasteiger partial charge is 0.270 e. The predicted molar refractivity (Wildman–Crippen MR) is 105 cm³/mol. The molecule has 0 amide bonds. The van der Waals surface area contributed by atoms with E-state index in [2.05, 4.69) is 15.5 Å². The lowest BCUT2D eigenvalue weighted by atomic mass is 10.1. The number of nitro groups is 1. The van der Waals surface area contributed by atoms with Gasteiger partial charge in [0.1, 0.15) is 0 Å². The van der Waals surface area contributed by atoms with E-state index in [1.165, 1.54) is 29.7 Å². The summed E-state index contributed by atoms with van der Waals surface area (Å²) in [6, 6.07) is 11.8. The van der Waals surface area contributed by atoms with E-state index in [-0.39, 0.29) is 5.69 Å². The number of nitro benzene ring substituents is 1. The maximum absolute atomic E-state index is 10.8. The van der Waals surface area contributed by atoms with Crippen LogP contribution >= 0.6 is 11.3 Å². The molecular weight excluding hydrogens is 368 g/mol. The van der Waals surface area contributed by atoms with Gasteiger partial charge in [-0.1, -0.05) is 12.1 Å². The molecule has 0 aliphatic heterocycles. The predicted octanol–water partition coefficient (Wildman–Crippen LogP) is 4.18. The lowest BCUT2D eigenvalue weighted by Crippen LogP contribution is -1.93. The number of hydrogen-bond donors (Lipinski definition) is 1.